The molecule has 0 atom stereocenters. The third-order valence-corrected chi connectivity index (χ3v) is 3.73. The molecule has 18 heavy (non-hydrogen) atoms. The van der Waals surface area contributed by atoms with Crippen molar-refractivity contribution >= 4 is 0 Å². The normalized spacial score (nSPS) is 11.8. The number of hydrogen-bond acceptors (Lipinski definition) is 1. The second-order valence-electron chi connectivity index (χ2n) is 5.73. The van der Waals surface area contributed by atoms with E-state index in [0.29, 0.717) is 0 Å². The maximum Gasteiger partial charge on any atom is 0.0195 e. The minimum absolute atomic E-state index is 0.00127. The number of hydrogen-bond donors (Lipinski definition) is 1. The Labute approximate surface area is 113 Å². The lowest BCUT2D eigenvalue weighted by atomic mass is 9.82. The van der Waals surface area contributed by atoms with Gasteiger partial charge in [0.15, 0.2) is 0 Å². The quantitative estimate of drug-likeness (QED) is 0.713. The highest BCUT2D eigenvalue weighted by atomic mass is 14.7. The van der Waals surface area contributed by atoms with Crippen LogP contribution in [0, 0.1) is 6.92 Å². The Hall–Kier alpha value is -0.820. The van der Waals surface area contributed by atoms with E-state index in [4.69, 9.17) is 5.73 Å². The zero-order chi connectivity index (χ0) is 13.4. The van der Waals surface area contributed by atoms with Gasteiger partial charge >= 0.3 is 0 Å². The van der Waals surface area contributed by atoms with Gasteiger partial charge in [-0.2, -0.15) is 0 Å². The summed E-state index contributed by atoms with van der Waals surface area (Å²) in [7, 11) is 0. The summed E-state index contributed by atoms with van der Waals surface area (Å²) in [5.74, 6) is 0. The monoisotopic (exact) mass is 247 g/mol. The predicted octanol–water partition coefficient (Wildman–Crippen LogP) is 4.62. The zero-order valence-corrected chi connectivity index (χ0v) is 12.3. The van der Waals surface area contributed by atoms with Crippen LogP contribution in [-0.2, 0) is 6.42 Å². The van der Waals surface area contributed by atoms with Gasteiger partial charge in [0.2, 0.25) is 0 Å². The van der Waals surface area contributed by atoms with E-state index < -0.39 is 0 Å². The van der Waals surface area contributed by atoms with Crippen molar-refractivity contribution in [2.75, 3.05) is 0 Å². The molecule has 0 aliphatic rings. The first-order valence-electron chi connectivity index (χ1n) is 7.44. The summed E-state index contributed by atoms with van der Waals surface area (Å²) < 4.78 is 0. The van der Waals surface area contributed by atoms with E-state index in [-0.39, 0.29) is 5.54 Å². The third-order valence-electron chi connectivity index (χ3n) is 3.73. The molecule has 0 bridgehead atoms. The highest BCUT2D eigenvalue weighted by molar-refractivity contribution is 5.23. The van der Waals surface area contributed by atoms with Crippen LogP contribution in [-0.4, -0.2) is 5.54 Å². The smallest absolute Gasteiger partial charge is 0.0195 e. The molecule has 1 rings (SSSR count). The first kappa shape index (κ1) is 15.2. The summed E-state index contributed by atoms with van der Waals surface area (Å²) in [6.45, 7) is 6.62. The Morgan fingerprint density at radius 3 is 1.89 bits per heavy atom. The van der Waals surface area contributed by atoms with Gasteiger partial charge in [0, 0.05) is 5.54 Å². The second kappa shape index (κ2) is 7.58. The minimum Gasteiger partial charge on any atom is -0.325 e. The number of rotatable bonds is 8. The predicted molar refractivity (Wildman–Crippen MR) is 80.9 cm³/mol. The van der Waals surface area contributed by atoms with Crippen molar-refractivity contribution in [3.63, 3.8) is 0 Å². The summed E-state index contributed by atoms with van der Waals surface area (Å²) in [4.78, 5) is 0. The number of nitrogens with two attached hydrogens (primary N) is 1. The molecule has 0 radical (unpaired) electrons. The van der Waals surface area contributed by atoms with Crippen molar-refractivity contribution in [2.24, 2.45) is 5.73 Å². The van der Waals surface area contributed by atoms with E-state index in [0.717, 1.165) is 19.3 Å². The van der Waals surface area contributed by atoms with Gasteiger partial charge in [0.25, 0.3) is 0 Å². The van der Waals surface area contributed by atoms with Crippen molar-refractivity contribution in [3.8, 4) is 0 Å². The lowest BCUT2D eigenvalue weighted by Crippen LogP contribution is -2.42. The van der Waals surface area contributed by atoms with Crippen LogP contribution in [0.5, 0.6) is 0 Å². The fourth-order valence-electron chi connectivity index (χ4n) is 2.47. The van der Waals surface area contributed by atoms with Gasteiger partial charge in [-0.1, -0.05) is 69.4 Å². The van der Waals surface area contributed by atoms with Crippen LogP contribution >= 0.6 is 0 Å². The largest absolute Gasteiger partial charge is 0.325 e. The Balaban J connectivity index is 2.67. The Kier molecular flexibility index (Phi) is 6.42. The summed E-state index contributed by atoms with van der Waals surface area (Å²) >= 11 is 0. The molecule has 0 aliphatic carbocycles. The van der Waals surface area contributed by atoms with Crippen molar-refractivity contribution in [1.82, 2.24) is 0 Å². The molecule has 0 amide bonds. The van der Waals surface area contributed by atoms with Gasteiger partial charge in [0.05, 0.1) is 0 Å². The van der Waals surface area contributed by atoms with Crippen LogP contribution in [0.2, 0.25) is 0 Å². The average Bonchev–Trinajstić information content (AvgIpc) is 2.37. The van der Waals surface area contributed by atoms with E-state index in [1.54, 1.807) is 0 Å². The molecule has 0 saturated carbocycles. The van der Waals surface area contributed by atoms with Crippen LogP contribution in [0.1, 0.15) is 63.5 Å². The summed E-state index contributed by atoms with van der Waals surface area (Å²) in [5, 5.41) is 0. The van der Waals surface area contributed by atoms with E-state index in [1.807, 2.05) is 0 Å². The maximum atomic E-state index is 6.64. The van der Waals surface area contributed by atoms with Gasteiger partial charge in [-0.15, -0.1) is 0 Å². The summed E-state index contributed by atoms with van der Waals surface area (Å²) in [5.41, 5.74) is 9.35. The van der Waals surface area contributed by atoms with Crippen molar-refractivity contribution in [3.05, 3.63) is 35.4 Å². The standard InChI is InChI=1S/C17H29N/c1-4-6-12-17(18,13-7-5-2)14-16-10-8-15(3)9-11-16/h8-11H,4-7,12-14,18H2,1-3H3. The first-order chi connectivity index (χ1) is 8.59. The molecule has 1 aromatic carbocycles. The average molecular weight is 247 g/mol. The molecule has 1 aromatic rings. The number of benzene rings is 1. The third kappa shape index (κ3) is 5.22. The summed E-state index contributed by atoms with van der Waals surface area (Å²) in [6, 6.07) is 8.84. The minimum atomic E-state index is 0.00127. The number of aryl methyl sites for hydroxylation is 1. The SMILES string of the molecule is CCCCC(N)(CCCC)Cc1ccc(C)cc1. The van der Waals surface area contributed by atoms with Gasteiger partial charge in [-0.25, -0.2) is 0 Å². The number of unbranched alkanes of at least 4 members (excludes halogenated alkanes) is 2. The molecular formula is C17H29N. The molecule has 0 spiro atoms. The molecule has 0 aliphatic heterocycles. The lowest BCUT2D eigenvalue weighted by Gasteiger charge is -2.30. The Bertz CT molecular complexity index is 318. The van der Waals surface area contributed by atoms with E-state index in [1.165, 1.54) is 36.8 Å². The van der Waals surface area contributed by atoms with E-state index in [9.17, 15) is 0 Å². The van der Waals surface area contributed by atoms with Crippen LogP contribution in [0.3, 0.4) is 0 Å². The molecule has 1 heteroatoms. The van der Waals surface area contributed by atoms with E-state index >= 15 is 0 Å². The fourth-order valence-corrected chi connectivity index (χ4v) is 2.47. The molecule has 0 unspecified atom stereocenters. The topological polar surface area (TPSA) is 26.0 Å². The van der Waals surface area contributed by atoms with Gasteiger partial charge < -0.3 is 5.73 Å². The molecule has 2 N–H and O–H groups in total. The van der Waals surface area contributed by atoms with E-state index in [2.05, 4.69) is 45.0 Å². The van der Waals surface area contributed by atoms with Gasteiger partial charge in [-0.3, -0.25) is 0 Å². The second-order valence-corrected chi connectivity index (χ2v) is 5.73. The lowest BCUT2D eigenvalue weighted by molar-refractivity contribution is 0.341. The molecule has 0 aromatic heterocycles. The van der Waals surface area contributed by atoms with Crippen molar-refractivity contribution < 1.29 is 0 Å². The van der Waals surface area contributed by atoms with Crippen molar-refractivity contribution in [2.45, 2.75) is 71.3 Å². The van der Waals surface area contributed by atoms with Crippen LogP contribution < -0.4 is 5.73 Å². The Morgan fingerprint density at radius 2 is 1.44 bits per heavy atom. The molecule has 0 saturated heterocycles. The molecule has 0 fully saturated rings. The van der Waals surface area contributed by atoms with Crippen LogP contribution in [0.25, 0.3) is 0 Å². The molecular weight excluding hydrogens is 218 g/mol. The summed E-state index contributed by atoms with van der Waals surface area (Å²) in [6.07, 6.45) is 8.28. The first-order valence-corrected chi connectivity index (χ1v) is 7.44. The zero-order valence-electron chi connectivity index (χ0n) is 12.3. The van der Waals surface area contributed by atoms with Gasteiger partial charge in [0.1, 0.15) is 0 Å². The van der Waals surface area contributed by atoms with Crippen molar-refractivity contribution in [1.29, 1.82) is 0 Å². The molecule has 1 nitrogen and oxygen atoms in total. The molecule has 102 valence electrons. The Morgan fingerprint density at radius 1 is 0.944 bits per heavy atom. The highest BCUT2D eigenvalue weighted by Gasteiger charge is 2.23. The van der Waals surface area contributed by atoms with Crippen LogP contribution in [0.4, 0.5) is 0 Å². The van der Waals surface area contributed by atoms with Crippen LogP contribution in [0.15, 0.2) is 24.3 Å². The molecule has 0 heterocycles. The maximum absolute atomic E-state index is 6.64. The van der Waals surface area contributed by atoms with Gasteiger partial charge in [-0.05, 0) is 31.7 Å². The fraction of sp³-hybridized carbons (Fsp3) is 0.647. The highest BCUT2D eigenvalue weighted by Crippen LogP contribution is 2.23.